The van der Waals surface area contributed by atoms with Crippen LogP contribution in [-0.2, 0) is 0 Å². The molecule has 100 valence electrons. The van der Waals surface area contributed by atoms with E-state index < -0.39 is 0 Å². The Hall–Kier alpha value is 2.45. The van der Waals surface area contributed by atoms with Crippen molar-refractivity contribution >= 4 is 88.4 Å². The third-order valence-electron chi connectivity index (χ3n) is 2.12. The average Bonchev–Trinajstić information content (AvgIpc) is 2.36. The lowest BCUT2D eigenvalue weighted by Gasteiger charge is -2.25. The smallest absolute Gasteiger partial charge is 0.00550 e. The zero-order chi connectivity index (χ0) is 13.0. The molecule has 0 aromatic carbocycles. The van der Waals surface area contributed by atoms with Gasteiger partial charge < -0.3 is 0 Å². The van der Waals surface area contributed by atoms with Gasteiger partial charge in [-0.25, -0.2) is 0 Å². The van der Waals surface area contributed by atoms with Crippen LogP contribution < -0.4 is 0 Å². The molecule has 0 fully saturated rings. The Morgan fingerprint density at radius 3 is 0.812 bits per heavy atom. The molecule has 0 atom stereocenters. The Labute approximate surface area is 139 Å². The van der Waals surface area contributed by atoms with Crippen LogP contribution in [0.5, 0.6) is 0 Å². The summed E-state index contributed by atoms with van der Waals surface area (Å²) in [6.07, 6.45) is 0. The summed E-state index contributed by atoms with van der Waals surface area (Å²) in [5, 5.41) is 0. The van der Waals surface area contributed by atoms with Crippen LogP contribution in [0.15, 0.2) is 0 Å². The fourth-order valence-electron chi connectivity index (χ4n) is 0.473. The van der Waals surface area contributed by atoms with E-state index in [1.807, 2.05) is 0 Å². The molecule has 16 heavy (non-hydrogen) atoms. The summed E-state index contributed by atoms with van der Waals surface area (Å²) in [5.74, 6) is 6.50. The van der Waals surface area contributed by atoms with Crippen molar-refractivity contribution in [2.75, 3.05) is 40.3 Å². The van der Waals surface area contributed by atoms with Gasteiger partial charge in [0, 0.05) is 5.41 Å². The topological polar surface area (TPSA) is 0 Å². The van der Waals surface area contributed by atoms with Gasteiger partial charge in [-0.05, 0) is 46.2 Å². The molecule has 7 heteroatoms. The summed E-state index contributed by atoms with van der Waals surface area (Å²) in [6.45, 7) is 0. The van der Waals surface area contributed by atoms with Crippen LogP contribution in [0.3, 0.4) is 0 Å². The van der Waals surface area contributed by atoms with Crippen LogP contribution in [-0.4, -0.2) is 40.3 Å². The van der Waals surface area contributed by atoms with E-state index in [4.69, 9.17) is 0 Å². The quantitative estimate of drug-likeness (QED) is 0.336. The van der Waals surface area contributed by atoms with Crippen LogP contribution in [0.4, 0.5) is 0 Å². The molecule has 0 spiro atoms. The largest absolute Gasteiger partial charge is 0.179 e. The van der Waals surface area contributed by atoms with Crippen molar-refractivity contribution in [3.05, 3.63) is 0 Å². The van der Waals surface area contributed by atoms with Gasteiger partial charge in [-0.1, -0.05) is 0 Å². The van der Waals surface area contributed by atoms with E-state index in [-0.39, 0.29) is 5.41 Å². The highest BCUT2D eigenvalue weighted by Crippen LogP contribution is 2.23. The first kappa shape index (κ1) is 20.8. The first-order chi connectivity index (χ1) is 7.59. The average molecular weight is 355 g/mol. The van der Waals surface area contributed by atoms with Crippen molar-refractivity contribution in [2.24, 2.45) is 11.3 Å². The Morgan fingerprint density at radius 1 is 0.562 bits per heavy atom. The van der Waals surface area contributed by atoms with Crippen molar-refractivity contribution in [2.45, 2.75) is 0 Å². The summed E-state index contributed by atoms with van der Waals surface area (Å²) in [4.78, 5) is 0. The minimum absolute atomic E-state index is 0.123. The summed E-state index contributed by atoms with van der Waals surface area (Å²) in [6, 6.07) is 0. The molecule has 0 aromatic rings. The van der Waals surface area contributed by atoms with Crippen LogP contribution >= 0.6 is 88.4 Å². The number of hydrogen-bond acceptors (Lipinski definition) is 7. The van der Waals surface area contributed by atoms with Gasteiger partial charge in [0.2, 0.25) is 0 Å². The second-order valence-electron chi connectivity index (χ2n) is 3.55. The van der Waals surface area contributed by atoms with Crippen molar-refractivity contribution in [3.63, 3.8) is 0 Å². The number of hydrogen-bond donors (Lipinski definition) is 7. The summed E-state index contributed by atoms with van der Waals surface area (Å²) in [5.41, 5.74) is 0.123. The second kappa shape index (κ2) is 13.9. The van der Waals surface area contributed by atoms with Crippen molar-refractivity contribution in [3.8, 4) is 0 Å². The van der Waals surface area contributed by atoms with E-state index in [9.17, 15) is 0 Å². The molecule has 0 radical (unpaired) electrons. The highest BCUT2D eigenvalue weighted by Gasteiger charge is 2.22. The highest BCUT2D eigenvalue weighted by molar-refractivity contribution is 7.83. The van der Waals surface area contributed by atoms with Gasteiger partial charge in [-0.3, -0.25) is 0 Å². The van der Waals surface area contributed by atoms with E-state index >= 15 is 0 Å². The molecule has 0 unspecified atom stereocenters. The van der Waals surface area contributed by atoms with Crippen LogP contribution in [0.2, 0.25) is 0 Å². The Kier molecular flexibility index (Phi) is 18.0. The third kappa shape index (κ3) is 9.39. The van der Waals surface area contributed by atoms with E-state index in [2.05, 4.69) is 88.4 Å². The van der Waals surface area contributed by atoms with Crippen LogP contribution in [0.25, 0.3) is 0 Å². The molecule has 0 bridgehead atoms. The molecule has 0 saturated carbocycles. The standard InChI is InChI=1S/C5H12S4.C4H10S3/c6-1-5(2-7,3-8)4-9;5-1-4(2-6)3-7/h6-9H,1-4H2;4-7H,1-3H2. The first-order valence-electron chi connectivity index (χ1n) is 4.85. The van der Waals surface area contributed by atoms with Crippen LogP contribution in [0.1, 0.15) is 0 Å². The van der Waals surface area contributed by atoms with Crippen molar-refractivity contribution < 1.29 is 0 Å². The third-order valence-corrected chi connectivity index (χ3v) is 6.35. The van der Waals surface area contributed by atoms with Gasteiger partial charge in [0.05, 0.1) is 0 Å². The lowest BCUT2D eigenvalue weighted by atomic mass is 9.99. The molecule has 0 heterocycles. The maximum absolute atomic E-state index is 4.19. The van der Waals surface area contributed by atoms with Gasteiger partial charge in [0.25, 0.3) is 0 Å². The molecule has 0 aliphatic heterocycles. The SMILES string of the molecule is SCC(CS)(CS)CS.SCC(CS)CS. The molecule has 0 aliphatic rings. The minimum atomic E-state index is 0.123. The molecule has 0 aliphatic carbocycles. The molecule has 0 N–H and O–H groups in total. The molecule has 0 aromatic heterocycles. The fraction of sp³-hybridized carbons (Fsp3) is 1.00. The molecule has 0 rings (SSSR count). The second-order valence-corrected chi connectivity index (χ2v) is 5.91. The maximum atomic E-state index is 4.19. The monoisotopic (exact) mass is 354 g/mol. The van der Waals surface area contributed by atoms with E-state index in [0.717, 1.165) is 40.3 Å². The Balaban J connectivity index is 0. The van der Waals surface area contributed by atoms with Gasteiger partial charge in [-0.2, -0.15) is 88.4 Å². The van der Waals surface area contributed by atoms with E-state index in [0.29, 0.717) is 5.92 Å². The number of thiol groups is 7. The molecular formula is C9H22S7. The van der Waals surface area contributed by atoms with Gasteiger partial charge in [0.1, 0.15) is 0 Å². The molecule has 0 saturated heterocycles. The van der Waals surface area contributed by atoms with Crippen molar-refractivity contribution in [1.29, 1.82) is 0 Å². The van der Waals surface area contributed by atoms with Crippen LogP contribution in [0, 0.1) is 11.3 Å². The summed E-state index contributed by atoms with van der Waals surface area (Å²) in [7, 11) is 0. The minimum Gasteiger partial charge on any atom is -0.179 e. The Morgan fingerprint density at radius 2 is 0.812 bits per heavy atom. The molecular weight excluding hydrogens is 333 g/mol. The van der Waals surface area contributed by atoms with Gasteiger partial charge in [-0.15, -0.1) is 0 Å². The number of rotatable bonds is 7. The predicted molar refractivity (Wildman–Crippen MR) is 103 cm³/mol. The highest BCUT2D eigenvalue weighted by atomic mass is 32.1. The van der Waals surface area contributed by atoms with E-state index in [1.54, 1.807) is 0 Å². The summed E-state index contributed by atoms with van der Waals surface area (Å²) < 4.78 is 0. The maximum Gasteiger partial charge on any atom is 0.00550 e. The van der Waals surface area contributed by atoms with Gasteiger partial charge in [0.15, 0.2) is 0 Å². The lowest BCUT2D eigenvalue weighted by molar-refractivity contribution is 0.522. The molecule has 0 amide bonds. The first-order valence-corrected chi connectivity index (χ1v) is 9.28. The van der Waals surface area contributed by atoms with E-state index in [1.165, 1.54) is 0 Å². The zero-order valence-electron chi connectivity index (χ0n) is 9.16. The zero-order valence-corrected chi connectivity index (χ0v) is 15.4. The fourth-order valence-corrected chi connectivity index (χ4v) is 4.26. The lowest BCUT2D eigenvalue weighted by Crippen LogP contribution is -2.29. The predicted octanol–water partition coefficient (Wildman–Crippen LogP) is 3.08. The normalized spacial score (nSPS) is 11.2. The van der Waals surface area contributed by atoms with Gasteiger partial charge >= 0.3 is 0 Å². The van der Waals surface area contributed by atoms with Crippen molar-refractivity contribution in [1.82, 2.24) is 0 Å². The summed E-state index contributed by atoms with van der Waals surface area (Å²) >= 11 is 29.0. The Bertz CT molecular complexity index is 111. The molecule has 0 nitrogen and oxygen atoms in total.